The molecule has 5 heteroatoms. The van der Waals surface area contributed by atoms with Crippen molar-refractivity contribution in [1.29, 1.82) is 0 Å². The molecule has 0 spiro atoms. The highest BCUT2D eigenvalue weighted by molar-refractivity contribution is 5.82. The summed E-state index contributed by atoms with van der Waals surface area (Å²) < 4.78 is 5.07. The molecule has 116 valence electrons. The van der Waals surface area contributed by atoms with Crippen LogP contribution in [0.25, 0.3) is 0 Å². The van der Waals surface area contributed by atoms with Crippen molar-refractivity contribution in [2.75, 3.05) is 33.4 Å². The zero-order valence-corrected chi connectivity index (χ0v) is 12.9. The quantitative estimate of drug-likeness (QED) is 0.755. The van der Waals surface area contributed by atoms with Gasteiger partial charge in [0.05, 0.1) is 6.04 Å². The van der Waals surface area contributed by atoms with Gasteiger partial charge in [-0.05, 0) is 58.7 Å². The summed E-state index contributed by atoms with van der Waals surface area (Å²) in [6.07, 6.45) is 5.37. The van der Waals surface area contributed by atoms with E-state index in [4.69, 9.17) is 4.74 Å². The number of likely N-dealkylation sites (tertiary alicyclic amines) is 1. The average molecular weight is 283 g/mol. The van der Waals surface area contributed by atoms with Crippen LogP contribution in [0.4, 0.5) is 0 Å². The number of nitrogens with one attached hydrogen (secondary N) is 2. The molecule has 2 atom stereocenters. The molecule has 2 rings (SSSR count). The lowest BCUT2D eigenvalue weighted by molar-refractivity contribution is -0.127. The van der Waals surface area contributed by atoms with E-state index in [1.54, 1.807) is 7.11 Å². The van der Waals surface area contributed by atoms with Crippen molar-refractivity contribution in [2.45, 2.75) is 57.2 Å². The largest absolute Gasteiger partial charge is 0.385 e. The first-order valence-corrected chi connectivity index (χ1v) is 7.98. The number of methoxy groups -OCH3 is 1. The fourth-order valence-electron chi connectivity index (χ4n) is 3.35. The predicted octanol–water partition coefficient (Wildman–Crippen LogP) is 0.744. The van der Waals surface area contributed by atoms with E-state index in [1.165, 1.54) is 12.8 Å². The maximum absolute atomic E-state index is 12.5. The molecular formula is C15H29N3O2. The van der Waals surface area contributed by atoms with Gasteiger partial charge in [-0.15, -0.1) is 0 Å². The van der Waals surface area contributed by atoms with Crippen LogP contribution >= 0.6 is 0 Å². The molecule has 0 saturated carbocycles. The Morgan fingerprint density at radius 2 is 2.15 bits per heavy atom. The minimum atomic E-state index is 0.0862. The topological polar surface area (TPSA) is 53.6 Å². The van der Waals surface area contributed by atoms with Crippen molar-refractivity contribution in [3.8, 4) is 0 Å². The summed E-state index contributed by atoms with van der Waals surface area (Å²) in [7, 11) is 1.70. The van der Waals surface area contributed by atoms with Crippen LogP contribution in [0.3, 0.4) is 0 Å². The lowest BCUT2D eigenvalue weighted by Gasteiger charge is -2.35. The van der Waals surface area contributed by atoms with Crippen molar-refractivity contribution >= 4 is 5.91 Å². The highest BCUT2D eigenvalue weighted by atomic mass is 16.5. The third kappa shape index (κ3) is 4.17. The first-order chi connectivity index (χ1) is 9.72. The number of nitrogens with zero attached hydrogens (tertiary/aromatic N) is 1. The van der Waals surface area contributed by atoms with Gasteiger partial charge in [0.25, 0.3) is 0 Å². The second kappa shape index (κ2) is 7.96. The first-order valence-electron chi connectivity index (χ1n) is 7.98. The van der Waals surface area contributed by atoms with E-state index in [1.807, 2.05) is 0 Å². The van der Waals surface area contributed by atoms with Gasteiger partial charge in [-0.3, -0.25) is 9.69 Å². The molecule has 0 aliphatic carbocycles. The lowest BCUT2D eigenvalue weighted by Crippen LogP contribution is -2.52. The van der Waals surface area contributed by atoms with Crippen LogP contribution in [0.1, 0.15) is 39.0 Å². The molecule has 2 aliphatic heterocycles. The Morgan fingerprint density at radius 3 is 2.85 bits per heavy atom. The van der Waals surface area contributed by atoms with Gasteiger partial charge in [0.15, 0.2) is 0 Å². The van der Waals surface area contributed by atoms with E-state index in [0.29, 0.717) is 12.6 Å². The Balaban J connectivity index is 1.84. The highest BCUT2D eigenvalue weighted by Crippen LogP contribution is 2.24. The molecule has 2 aliphatic rings. The van der Waals surface area contributed by atoms with Crippen molar-refractivity contribution in [3.05, 3.63) is 0 Å². The molecular weight excluding hydrogens is 254 g/mol. The molecule has 5 nitrogen and oxygen atoms in total. The number of ether oxygens (including phenoxy) is 1. The number of carbonyl (C=O) groups excluding carboxylic acids is 1. The standard InChI is InChI=1S/C15H29N3O2/c1-12(7-11-20-2)17-15(19)14-4-3-10-18(14)13-5-8-16-9-6-13/h12-14,16H,3-11H2,1-2H3,(H,17,19). The van der Waals surface area contributed by atoms with E-state index in [0.717, 1.165) is 38.9 Å². The fraction of sp³-hybridized carbons (Fsp3) is 0.933. The Morgan fingerprint density at radius 1 is 1.40 bits per heavy atom. The number of hydrogen-bond donors (Lipinski definition) is 2. The number of carbonyl (C=O) groups is 1. The van der Waals surface area contributed by atoms with Crippen LogP contribution in [-0.2, 0) is 9.53 Å². The molecule has 1 amide bonds. The first kappa shape index (κ1) is 15.7. The average Bonchev–Trinajstić information content (AvgIpc) is 2.95. The van der Waals surface area contributed by atoms with Gasteiger partial charge in [-0.25, -0.2) is 0 Å². The molecule has 0 bridgehead atoms. The molecule has 2 heterocycles. The van der Waals surface area contributed by atoms with Gasteiger partial charge in [-0.1, -0.05) is 0 Å². The highest BCUT2D eigenvalue weighted by Gasteiger charge is 2.35. The van der Waals surface area contributed by atoms with Crippen LogP contribution in [0.5, 0.6) is 0 Å². The molecule has 2 N–H and O–H groups in total. The molecule has 0 aromatic rings. The number of hydrogen-bond acceptors (Lipinski definition) is 4. The van der Waals surface area contributed by atoms with Crippen LogP contribution in [-0.4, -0.2) is 62.3 Å². The van der Waals surface area contributed by atoms with Crippen molar-refractivity contribution < 1.29 is 9.53 Å². The van der Waals surface area contributed by atoms with E-state index < -0.39 is 0 Å². The van der Waals surface area contributed by atoms with E-state index in [-0.39, 0.29) is 18.0 Å². The third-order valence-electron chi connectivity index (χ3n) is 4.52. The Labute approximate surface area is 122 Å². The van der Waals surface area contributed by atoms with Crippen molar-refractivity contribution in [3.63, 3.8) is 0 Å². The summed E-state index contributed by atoms with van der Waals surface area (Å²) in [6, 6.07) is 0.866. The zero-order valence-electron chi connectivity index (χ0n) is 12.9. The number of amides is 1. The normalized spacial score (nSPS) is 26.6. The predicted molar refractivity (Wildman–Crippen MR) is 79.7 cm³/mol. The summed E-state index contributed by atoms with van der Waals surface area (Å²) >= 11 is 0. The summed E-state index contributed by atoms with van der Waals surface area (Å²) in [6.45, 7) is 6.00. The Kier molecular flexibility index (Phi) is 6.26. The summed E-state index contributed by atoms with van der Waals surface area (Å²) in [5, 5.41) is 6.55. The molecule has 2 fully saturated rings. The van der Waals surface area contributed by atoms with Crippen molar-refractivity contribution in [1.82, 2.24) is 15.5 Å². The van der Waals surface area contributed by atoms with Gasteiger partial charge >= 0.3 is 0 Å². The molecule has 2 unspecified atom stereocenters. The molecule has 0 radical (unpaired) electrons. The Hall–Kier alpha value is -0.650. The van der Waals surface area contributed by atoms with E-state index in [9.17, 15) is 4.79 Å². The van der Waals surface area contributed by atoms with Gasteiger partial charge in [-0.2, -0.15) is 0 Å². The summed E-state index contributed by atoms with van der Waals surface area (Å²) in [5.74, 6) is 0.213. The summed E-state index contributed by atoms with van der Waals surface area (Å²) in [4.78, 5) is 14.9. The maximum atomic E-state index is 12.5. The van der Waals surface area contributed by atoms with Crippen molar-refractivity contribution in [2.24, 2.45) is 0 Å². The van der Waals surface area contributed by atoms with Crippen LogP contribution in [0.2, 0.25) is 0 Å². The smallest absolute Gasteiger partial charge is 0.237 e. The lowest BCUT2D eigenvalue weighted by atomic mass is 10.0. The summed E-state index contributed by atoms with van der Waals surface area (Å²) in [5.41, 5.74) is 0. The van der Waals surface area contributed by atoms with Gasteiger partial charge < -0.3 is 15.4 Å². The minimum Gasteiger partial charge on any atom is -0.385 e. The van der Waals surface area contributed by atoms with Crippen LogP contribution in [0.15, 0.2) is 0 Å². The second-order valence-electron chi connectivity index (χ2n) is 6.07. The number of rotatable bonds is 6. The molecule has 2 saturated heterocycles. The second-order valence-corrected chi connectivity index (χ2v) is 6.07. The Bertz CT molecular complexity index is 305. The van der Waals surface area contributed by atoms with Crippen LogP contribution < -0.4 is 10.6 Å². The molecule has 20 heavy (non-hydrogen) atoms. The van der Waals surface area contributed by atoms with E-state index in [2.05, 4.69) is 22.5 Å². The maximum Gasteiger partial charge on any atom is 0.237 e. The molecule has 0 aromatic carbocycles. The SMILES string of the molecule is COCCC(C)NC(=O)C1CCCN1C1CCNCC1. The van der Waals surface area contributed by atoms with Gasteiger partial charge in [0.2, 0.25) is 5.91 Å². The van der Waals surface area contributed by atoms with Gasteiger partial charge in [0.1, 0.15) is 0 Å². The minimum absolute atomic E-state index is 0.0862. The van der Waals surface area contributed by atoms with Crippen LogP contribution in [0, 0.1) is 0 Å². The van der Waals surface area contributed by atoms with E-state index >= 15 is 0 Å². The third-order valence-corrected chi connectivity index (χ3v) is 4.52. The fourth-order valence-corrected chi connectivity index (χ4v) is 3.35. The monoisotopic (exact) mass is 283 g/mol. The zero-order chi connectivity index (χ0) is 14.4. The molecule has 0 aromatic heterocycles. The number of piperidine rings is 1. The van der Waals surface area contributed by atoms with Gasteiger partial charge in [0, 0.05) is 25.8 Å².